The fourth-order valence-corrected chi connectivity index (χ4v) is 4.99. The lowest BCUT2D eigenvalue weighted by molar-refractivity contribution is 0.0101. The SMILES string of the molecule is C=CN=C(CC(=C)c1cnnc(C#N)c1)C(/C(=C\C)c1ccccc1F)=C(\C)N1CCN(C(=O)OC(C)(C)C)C[C@@H]1C. The molecule has 0 aliphatic carbocycles. The maximum Gasteiger partial charge on any atom is 0.410 e. The molecule has 1 amide bonds. The second kappa shape index (κ2) is 13.9. The lowest BCUT2D eigenvalue weighted by atomic mass is 9.88. The third kappa shape index (κ3) is 7.78. The van der Waals surface area contributed by atoms with Gasteiger partial charge < -0.3 is 14.5 Å². The minimum Gasteiger partial charge on any atom is -0.444 e. The molecule has 3 rings (SSSR count). The minimum atomic E-state index is -0.586. The number of hydrogen-bond donors (Lipinski definition) is 0. The Hall–Kier alpha value is -4.58. The monoisotopic (exact) mass is 570 g/mol. The van der Waals surface area contributed by atoms with Crippen molar-refractivity contribution in [3.8, 4) is 6.07 Å². The van der Waals surface area contributed by atoms with Crippen LogP contribution >= 0.6 is 0 Å². The molecule has 1 fully saturated rings. The summed E-state index contributed by atoms with van der Waals surface area (Å²) in [7, 11) is 0. The second-order valence-corrected chi connectivity index (χ2v) is 11.1. The molecule has 0 spiro atoms. The first-order valence-corrected chi connectivity index (χ1v) is 13.9. The molecular weight excluding hydrogens is 531 g/mol. The van der Waals surface area contributed by atoms with Crippen molar-refractivity contribution >= 4 is 23.0 Å². The number of allylic oxidation sites excluding steroid dienone is 5. The molecule has 1 atom stereocenters. The van der Waals surface area contributed by atoms with Crippen molar-refractivity contribution in [2.24, 2.45) is 4.99 Å². The van der Waals surface area contributed by atoms with Gasteiger partial charge in [0.1, 0.15) is 17.5 Å². The number of ether oxygens (including phenoxy) is 1. The number of aliphatic imine (C=N–C) groups is 1. The number of rotatable bonds is 8. The third-order valence-corrected chi connectivity index (χ3v) is 6.89. The van der Waals surface area contributed by atoms with Gasteiger partial charge in [0, 0.05) is 60.7 Å². The molecular formula is C33H39FN6O2. The molecule has 0 bridgehead atoms. The Morgan fingerprint density at radius 2 is 2.02 bits per heavy atom. The molecule has 1 saturated heterocycles. The highest BCUT2D eigenvalue weighted by Crippen LogP contribution is 2.34. The van der Waals surface area contributed by atoms with Crippen LogP contribution in [0.4, 0.5) is 9.18 Å². The summed E-state index contributed by atoms with van der Waals surface area (Å²) in [4.78, 5) is 21.4. The number of aromatic nitrogens is 2. The zero-order valence-corrected chi connectivity index (χ0v) is 25.3. The normalized spacial score (nSPS) is 16.9. The van der Waals surface area contributed by atoms with Crippen LogP contribution in [0.15, 0.2) is 78.2 Å². The minimum absolute atomic E-state index is 0.0595. The number of benzene rings is 1. The first-order valence-electron chi connectivity index (χ1n) is 13.9. The van der Waals surface area contributed by atoms with Gasteiger partial charge in [-0.2, -0.15) is 10.4 Å². The smallest absolute Gasteiger partial charge is 0.410 e. The summed E-state index contributed by atoms with van der Waals surface area (Å²) < 4.78 is 20.9. The maximum absolute atomic E-state index is 15.2. The summed E-state index contributed by atoms with van der Waals surface area (Å²) in [5, 5.41) is 17.0. The average Bonchev–Trinajstić information content (AvgIpc) is 2.95. The van der Waals surface area contributed by atoms with Crippen LogP contribution in [-0.4, -0.2) is 63.1 Å². The summed E-state index contributed by atoms with van der Waals surface area (Å²) in [6.07, 6.45) is 4.83. The number of carbonyl (C=O) groups excluding carboxylic acids is 1. The van der Waals surface area contributed by atoms with E-state index in [0.717, 1.165) is 11.3 Å². The highest BCUT2D eigenvalue weighted by Gasteiger charge is 2.32. The van der Waals surface area contributed by atoms with Crippen molar-refractivity contribution < 1.29 is 13.9 Å². The first-order chi connectivity index (χ1) is 19.9. The van der Waals surface area contributed by atoms with E-state index in [2.05, 4.69) is 33.2 Å². The van der Waals surface area contributed by atoms with Crippen molar-refractivity contribution in [2.45, 2.75) is 59.6 Å². The zero-order valence-electron chi connectivity index (χ0n) is 25.3. The molecule has 1 aromatic heterocycles. The molecule has 8 nitrogen and oxygen atoms in total. The molecule has 2 heterocycles. The van der Waals surface area contributed by atoms with E-state index in [1.54, 1.807) is 35.4 Å². The number of carbonyl (C=O) groups is 1. The van der Waals surface area contributed by atoms with Gasteiger partial charge in [0.05, 0.1) is 11.9 Å². The largest absolute Gasteiger partial charge is 0.444 e. The third-order valence-electron chi connectivity index (χ3n) is 6.89. The van der Waals surface area contributed by atoms with Gasteiger partial charge in [-0.3, -0.25) is 4.99 Å². The fraction of sp³-hybridized carbons (Fsp3) is 0.364. The summed E-state index contributed by atoms with van der Waals surface area (Å²) in [5.41, 5.74) is 4.27. The molecule has 1 aromatic carbocycles. The molecule has 0 radical (unpaired) electrons. The van der Waals surface area contributed by atoms with Crippen LogP contribution in [0.1, 0.15) is 64.8 Å². The van der Waals surface area contributed by atoms with Crippen molar-refractivity contribution in [3.05, 3.63) is 95.9 Å². The van der Waals surface area contributed by atoms with Gasteiger partial charge in [0.25, 0.3) is 0 Å². The van der Waals surface area contributed by atoms with Crippen LogP contribution in [0, 0.1) is 17.1 Å². The van der Waals surface area contributed by atoms with E-state index in [1.165, 1.54) is 12.3 Å². The molecule has 9 heteroatoms. The Labute approximate surface area is 248 Å². The van der Waals surface area contributed by atoms with Gasteiger partial charge in [-0.05, 0) is 64.8 Å². The quantitative estimate of drug-likeness (QED) is 0.256. The van der Waals surface area contributed by atoms with Gasteiger partial charge in [-0.15, -0.1) is 5.10 Å². The van der Waals surface area contributed by atoms with Crippen LogP contribution in [0.3, 0.4) is 0 Å². The van der Waals surface area contributed by atoms with E-state index >= 15 is 4.39 Å². The molecule has 2 aromatic rings. The molecule has 220 valence electrons. The lowest BCUT2D eigenvalue weighted by Gasteiger charge is -2.42. The zero-order chi connectivity index (χ0) is 31.0. The summed E-state index contributed by atoms with van der Waals surface area (Å²) in [5.74, 6) is -0.354. The van der Waals surface area contributed by atoms with Crippen LogP contribution in [0.25, 0.3) is 11.1 Å². The topological polar surface area (TPSA) is 94.7 Å². The predicted octanol–water partition coefficient (Wildman–Crippen LogP) is 6.79. The number of piperazine rings is 1. The number of amides is 1. The first kappa shape index (κ1) is 31.9. The van der Waals surface area contributed by atoms with E-state index in [4.69, 9.17) is 4.74 Å². The van der Waals surface area contributed by atoms with E-state index in [9.17, 15) is 10.1 Å². The summed E-state index contributed by atoms with van der Waals surface area (Å²) in [6, 6.07) is 10.2. The van der Waals surface area contributed by atoms with Gasteiger partial charge in [0.2, 0.25) is 0 Å². The van der Waals surface area contributed by atoms with Crippen molar-refractivity contribution in [1.82, 2.24) is 20.0 Å². The number of halogens is 1. The summed E-state index contributed by atoms with van der Waals surface area (Å²) in [6.45, 7) is 21.0. The van der Waals surface area contributed by atoms with Crippen molar-refractivity contribution in [3.63, 3.8) is 0 Å². The predicted molar refractivity (Wildman–Crippen MR) is 165 cm³/mol. The van der Waals surface area contributed by atoms with Crippen LogP contribution < -0.4 is 0 Å². The molecule has 0 N–H and O–H groups in total. The van der Waals surface area contributed by atoms with Crippen LogP contribution in [0.5, 0.6) is 0 Å². The highest BCUT2D eigenvalue weighted by atomic mass is 19.1. The van der Waals surface area contributed by atoms with Gasteiger partial charge in [-0.25, -0.2) is 9.18 Å². The van der Waals surface area contributed by atoms with Gasteiger partial charge >= 0.3 is 6.09 Å². The van der Waals surface area contributed by atoms with E-state index < -0.39 is 5.60 Å². The van der Waals surface area contributed by atoms with E-state index in [1.807, 2.05) is 53.7 Å². The van der Waals surface area contributed by atoms with Crippen LogP contribution in [-0.2, 0) is 4.74 Å². The molecule has 42 heavy (non-hydrogen) atoms. The number of hydrogen-bond acceptors (Lipinski definition) is 7. The molecule has 0 unspecified atom stereocenters. The van der Waals surface area contributed by atoms with E-state index in [0.29, 0.717) is 47.6 Å². The Bertz CT molecular complexity index is 1480. The average molecular weight is 571 g/mol. The Morgan fingerprint density at radius 1 is 1.31 bits per heavy atom. The van der Waals surface area contributed by atoms with Crippen molar-refractivity contribution in [1.29, 1.82) is 5.26 Å². The summed E-state index contributed by atoms with van der Waals surface area (Å²) >= 11 is 0. The molecule has 1 aliphatic heterocycles. The standard InChI is InChI=1S/C33H39FN6O2/c1-9-27(28-13-11-12-14-29(28)34)31(30(36-10-2)17-22(3)25-18-26(19-35)38-37-20-25)24(5)40-16-15-39(21-23(40)4)32(41)42-33(6,7)8/h9-14,18,20,23H,2-3,15-17,21H2,1,4-8H3/b27-9-,31-24+,36-30?/t23-/m0/s1. The van der Waals surface area contributed by atoms with Gasteiger partial charge in [0.15, 0.2) is 5.69 Å². The Morgan fingerprint density at radius 3 is 2.62 bits per heavy atom. The van der Waals surface area contributed by atoms with Crippen LogP contribution in [0.2, 0.25) is 0 Å². The van der Waals surface area contributed by atoms with Gasteiger partial charge in [-0.1, -0.05) is 37.4 Å². The number of nitrogens with zero attached hydrogens (tertiary/aromatic N) is 6. The molecule has 0 saturated carbocycles. The molecule has 1 aliphatic rings. The fourth-order valence-electron chi connectivity index (χ4n) is 4.99. The number of nitriles is 1. The highest BCUT2D eigenvalue weighted by molar-refractivity contribution is 6.17. The Balaban J connectivity index is 2.09. The lowest BCUT2D eigenvalue weighted by Crippen LogP contribution is -2.54. The Kier molecular flexibility index (Phi) is 10.5. The van der Waals surface area contributed by atoms with Crippen molar-refractivity contribution in [2.75, 3.05) is 19.6 Å². The van der Waals surface area contributed by atoms with E-state index in [-0.39, 0.29) is 30.1 Å². The maximum atomic E-state index is 15.2. The second-order valence-electron chi connectivity index (χ2n) is 11.1.